The van der Waals surface area contributed by atoms with E-state index in [9.17, 15) is 18.0 Å². The molecule has 0 radical (unpaired) electrons. The molecule has 0 aromatic carbocycles. The van der Waals surface area contributed by atoms with Gasteiger partial charge in [0.2, 0.25) is 5.01 Å². The summed E-state index contributed by atoms with van der Waals surface area (Å²) in [5.74, 6) is 0.738. The fourth-order valence-corrected chi connectivity index (χ4v) is 4.27. The average Bonchev–Trinajstić information content (AvgIpc) is 3.35. The number of piperazine rings is 1. The number of halogens is 3. The van der Waals surface area contributed by atoms with Crippen LogP contribution in [-0.4, -0.2) is 69.2 Å². The van der Waals surface area contributed by atoms with Crippen molar-refractivity contribution in [3.05, 3.63) is 53.4 Å². The highest BCUT2D eigenvalue weighted by molar-refractivity contribution is 7.14. The summed E-state index contributed by atoms with van der Waals surface area (Å²) in [6, 6.07) is 6.74. The van der Waals surface area contributed by atoms with Crippen LogP contribution in [0.25, 0.3) is 21.5 Å². The molecule has 4 aromatic rings. The average molecular weight is 501 g/mol. The van der Waals surface area contributed by atoms with Crippen LogP contribution in [-0.2, 0) is 6.18 Å². The molecule has 180 valence electrons. The molecule has 1 saturated heterocycles. The smallest absolute Gasteiger partial charge is 0.354 e. The third-order valence-corrected chi connectivity index (χ3v) is 6.56. The van der Waals surface area contributed by atoms with Crippen LogP contribution in [0, 0.1) is 0 Å². The second kappa shape index (κ2) is 9.15. The molecule has 1 aliphatic rings. The molecule has 5 rings (SSSR count). The summed E-state index contributed by atoms with van der Waals surface area (Å²) in [7, 11) is 2.08. The zero-order valence-corrected chi connectivity index (χ0v) is 19.3. The molecular formula is C22H19F3N8OS. The Labute approximate surface area is 201 Å². The van der Waals surface area contributed by atoms with Crippen LogP contribution in [0.5, 0.6) is 0 Å². The van der Waals surface area contributed by atoms with Crippen LogP contribution < -0.4 is 10.2 Å². The van der Waals surface area contributed by atoms with Crippen LogP contribution in [0.2, 0.25) is 0 Å². The van der Waals surface area contributed by atoms with Crippen LogP contribution in [0.3, 0.4) is 0 Å². The topological polar surface area (TPSA) is 100 Å². The number of hydrogen-bond donors (Lipinski definition) is 1. The van der Waals surface area contributed by atoms with E-state index in [2.05, 4.69) is 47.3 Å². The van der Waals surface area contributed by atoms with Crippen molar-refractivity contribution >= 4 is 39.7 Å². The molecule has 0 unspecified atom stereocenters. The third-order valence-electron chi connectivity index (χ3n) is 5.57. The van der Waals surface area contributed by atoms with Gasteiger partial charge in [-0.3, -0.25) is 9.78 Å². The zero-order valence-electron chi connectivity index (χ0n) is 18.5. The lowest BCUT2D eigenvalue weighted by Gasteiger charge is -2.33. The zero-order chi connectivity index (χ0) is 24.6. The Hall–Kier alpha value is -3.71. The van der Waals surface area contributed by atoms with Gasteiger partial charge in [0.05, 0.1) is 5.56 Å². The van der Waals surface area contributed by atoms with Gasteiger partial charge in [-0.05, 0) is 36.7 Å². The first-order valence-electron chi connectivity index (χ1n) is 10.6. The van der Waals surface area contributed by atoms with Crippen LogP contribution in [0.1, 0.15) is 15.4 Å². The van der Waals surface area contributed by atoms with Crippen molar-refractivity contribution in [1.82, 2.24) is 30.0 Å². The molecule has 0 aliphatic carbocycles. The summed E-state index contributed by atoms with van der Waals surface area (Å²) in [5, 5.41) is 9.83. The molecule has 1 amide bonds. The van der Waals surface area contributed by atoms with Gasteiger partial charge in [-0.1, -0.05) is 11.3 Å². The molecule has 0 bridgehead atoms. The summed E-state index contributed by atoms with van der Waals surface area (Å²) in [5.41, 5.74) is 0.631. The number of carbonyl (C=O) groups is 1. The van der Waals surface area contributed by atoms with Gasteiger partial charge in [0.1, 0.15) is 17.3 Å². The molecule has 35 heavy (non-hydrogen) atoms. The first kappa shape index (κ1) is 23.1. The Morgan fingerprint density at radius 3 is 2.43 bits per heavy atom. The highest BCUT2D eigenvalue weighted by Gasteiger charge is 2.35. The molecule has 9 nitrogen and oxygen atoms in total. The monoisotopic (exact) mass is 500 g/mol. The SMILES string of the molecule is CN1CCN(c2ccc(C(=O)Nc3cc4cc(-c5nnc(C(F)(F)F)s5)ncc4cn3)cn2)CC1. The lowest BCUT2D eigenvalue weighted by atomic mass is 10.2. The molecule has 1 fully saturated rings. The van der Waals surface area contributed by atoms with Crippen molar-refractivity contribution in [3.8, 4) is 10.7 Å². The number of anilines is 2. The Kier molecular flexibility index (Phi) is 6.03. The molecular weight excluding hydrogens is 481 g/mol. The van der Waals surface area contributed by atoms with E-state index in [1.807, 2.05) is 6.07 Å². The number of fused-ring (bicyclic) bond motifs is 1. The second-order valence-electron chi connectivity index (χ2n) is 8.05. The number of nitrogens with one attached hydrogen (secondary N) is 1. The van der Waals surface area contributed by atoms with Gasteiger partial charge in [-0.2, -0.15) is 13.2 Å². The van der Waals surface area contributed by atoms with Crippen LogP contribution in [0.15, 0.2) is 42.9 Å². The summed E-state index contributed by atoms with van der Waals surface area (Å²) >= 11 is 0.417. The standard InChI is InChI=1S/C22H19F3N8OS/c1-32-4-6-33(7-5-32)18-3-2-13(10-28-18)19(34)29-17-9-14-8-16(26-11-15(14)12-27-17)20-30-31-21(35-20)22(23,24)25/h2-3,8-12H,4-7H2,1H3,(H,27,29,34). The predicted octanol–water partition coefficient (Wildman–Crippen LogP) is 3.57. The number of alkyl halides is 3. The molecule has 0 saturated carbocycles. The Balaban J connectivity index is 1.31. The molecule has 4 aromatic heterocycles. The Bertz CT molecular complexity index is 1370. The molecule has 5 heterocycles. The molecule has 1 N–H and O–H groups in total. The first-order chi connectivity index (χ1) is 16.8. The Morgan fingerprint density at radius 1 is 0.971 bits per heavy atom. The Morgan fingerprint density at radius 2 is 1.74 bits per heavy atom. The van der Waals surface area contributed by atoms with Crippen molar-refractivity contribution in [3.63, 3.8) is 0 Å². The van der Waals surface area contributed by atoms with Crippen molar-refractivity contribution in [2.45, 2.75) is 6.18 Å². The fourth-order valence-electron chi connectivity index (χ4n) is 3.60. The van der Waals surface area contributed by atoms with E-state index < -0.39 is 11.2 Å². The summed E-state index contributed by atoms with van der Waals surface area (Å²) in [6.07, 6.45) is -0.0257. The van der Waals surface area contributed by atoms with Crippen molar-refractivity contribution in [2.24, 2.45) is 0 Å². The first-order valence-corrected chi connectivity index (χ1v) is 11.5. The number of hydrogen-bond acceptors (Lipinski definition) is 9. The predicted molar refractivity (Wildman–Crippen MR) is 125 cm³/mol. The maximum absolute atomic E-state index is 12.8. The second-order valence-corrected chi connectivity index (χ2v) is 9.02. The van der Waals surface area contributed by atoms with Gasteiger partial charge in [0, 0.05) is 50.2 Å². The summed E-state index contributed by atoms with van der Waals surface area (Å²) in [4.78, 5) is 30.0. The van der Waals surface area contributed by atoms with E-state index in [0.29, 0.717) is 27.7 Å². The largest absolute Gasteiger partial charge is 0.445 e. The van der Waals surface area contributed by atoms with Crippen LogP contribution >= 0.6 is 11.3 Å². The van der Waals surface area contributed by atoms with Gasteiger partial charge in [0.25, 0.3) is 5.91 Å². The van der Waals surface area contributed by atoms with Crippen molar-refractivity contribution in [2.75, 3.05) is 43.4 Å². The lowest BCUT2D eigenvalue weighted by molar-refractivity contribution is -0.138. The number of aromatic nitrogens is 5. The molecule has 1 aliphatic heterocycles. The molecule has 0 spiro atoms. The minimum atomic E-state index is -4.56. The number of rotatable bonds is 4. The minimum Gasteiger partial charge on any atom is -0.354 e. The van der Waals surface area contributed by atoms with E-state index in [0.717, 1.165) is 32.0 Å². The quantitative estimate of drug-likeness (QED) is 0.454. The molecule has 13 heteroatoms. The van der Waals surface area contributed by atoms with Crippen LogP contribution in [0.4, 0.5) is 24.8 Å². The van der Waals surface area contributed by atoms with E-state index in [1.54, 1.807) is 18.2 Å². The highest BCUT2D eigenvalue weighted by Crippen LogP contribution is 2.34. The highest BCUT2D eigenvalue weighted by atomic mass is 32.1. The summed E-state index contributed by atoms with van der Waals surface area (Å²) < 4.78 is 38.5. The normalized spacial score (nSPS) is 14.9. The van der Waals surface area contributed by atoms with Crippen molar-refractivity contribution in [1.29, 1.82) is 0 Å². The van der Waals surface area contributed by atoms with Gasteiger partial charge < -0.3 is 15.1 Å². The van der Waals surface area contributed by atoms with Gasteiger partial charge in [0.15, 0.2) is 5.01 Å². The van der Waals surface area contributed by atoms with E-state index in [4.69, 9.17) is 0 Å². The number of likely N-dealkylation sites (N-methyl/N-ethyl adjacent to an activating group) is 1. The maximum Gasteiger partial charge on any atom is 0.445 e. The number of amides is 1. The van der Waals surface area contributed by atoms with Gasteiger partial charge >= 0.3 is 6.18 Å². The van der Waals surface area contributed by atoms with E-state index >= 15 is 0 Å². The minimum absolute atomic E-state index is 0.0492. The summed E-state index contributed by atoms with van der Waals surface area (Å²) in [6.45, 7) is 3.66. The maximum atomic E-state index is 12.8. The van der Waals surface area contributed by atoms with Gasteiger partial charge in [-0.15, -0.1) is 10.2 Å². The lowest BCUT2D eigenvalue weighted by Crippen LogP contribution is -2.44. The van der Waals surface area contributed by atoms with Crippen molar-refractivity contribution < 1.29 is 18.0 Å². The third kappa shape index (κ3) is 5.05. The fraction of sp³-hybridized carbons (Fsp3) is 0.273. The van der Waals surface area contributed by atoms with Gasteiger partial charge in [-0.25, -0.2) is 9.97 Å². The van der Waals surface area contributed by atoms with E-state index in [1.165, 1.54) is 18.6 Å². The number of carbonyl (C=O) groups excluding carboxylic acids is 1. The number of pyridine rings is 3. The number of nitrogens with zero attached hydrogens (tertiary/aromatic N) is 7. The molecule has 0 atom stereocenters. The van der Waals surface area contributed by atoms with E-state index in [-0.39, 0.29) is 22.4 Å².